The number of benzene rings is 1. The zero-order valence-corrected chi connectivity index (χ0v) is 16.6. The lowest BCUT2D eigenvalue weighted by molar-refractivity contribution is 0.603. The number of nitrogens with zero attached hydrogens (tertiary/aromatic N) is 1. The molecule has 1 heterocycles. The Bertz CT molecular complexity index is 481. The third-order valence-corrected chi connectivity index (χ3v) is 5.10. The summed E-state index contributed by atoms with van der Waals surface area (Å²) in [6, 6.07) is 5.08. The summed E-state index contributed by atoms with van der Waals surface area (Å²) in [5, 5.41) is 7.11. The molecule has 1 unspecified atom stereocenters. The SMILES string of the molecule is CN=C(NCc1ccc(Br)cc1F)NCC1CCCS1.I. The van der Waals surface area contributed by atoms with Crippen molar-refractivity contribution in [1.29, 1.82) is 0 Å². The molecular formula is C14H20BrFIN3S. The van der Waals surface area contributed by atoms with Crippen LogP contribution in [0.1, 0.15) is 18.4 Å². The summed E-state index contributed by atoms with van der Waals surface area (Å²) in [5.74, 6) is 1.76. The van der Waals surface area contributed by atoms with Crippen molar-refractivity contribution in [1.82, 2.24) is 10.6 Å². The van der Waals surface area contributed by atoms with E-state index in [1.165, 1.54) is 24.7 Å². The second-order valence-electron chi connectivity index (χ2n) is 4.68. The Hall–Kier alpha value is -0.0200. The van der Waals surface area contributed by atoms with E-state index < -0.39 is 0 Å². The van der Waals surface area contributed by atoms with E-state index in [-0.39, 0.29) is 29.8 Å². The Kier molecular flexibility index (Phi) is 8.96. The first-order valence-corrected chi connectivity index (χ1v) is 8.53. The molecule has 0 aromatic heterocycles. The van der Waals surface area contributed by atoms with Gasteiger partial charge in [0.1, 0.15) is 5.82 Å². The first-order valence-electron chi connectivity index (χ1n) is 6.69. The van der Waals surface area contributed by atoms with Gasteiger partial charge in [0.15, 0.2) is 5.96 Å². The van der Waals surface area contributed by atoms with E-state index in [9.17, 15) is 4.39 Å². The minimum Gasteiger partial charge on any atom is -0.355 e. The fraction of sp³-hybridized carbons (Fsp3) is 0.500. The van der Waals surface area contributed by atoms with Gasteiger partial charge in [-0.25, -0.2) is 4.39 Å². The number of rotatable bonds is 4. The molecule has 7 heteroatoms. The largest absolute Gasteiger partial charge is 0.355 e. The summed E-state index contributed by atoms with van der Waals surface area (Å²) in [5.41, 5.74) is 0.631. The Balaban J connectivity index is 0.00000220. The van der Waals surface area contributed by atoms with Crippen LogP contribution in [0, 0.1) is 5.82 Å². The summed E-state index contributed by atoms with van der Waals surface area (Å²) in [7, 11) is 1.73. The lowest BCUT2D eigenvalue weighted by Gasteiger charge is -2.15. The van der Waals surface area contributed by atoms with Crippen LogP contribution in [0.25, 0.3) is 0 Å². The topological polar surface area (TPSA) is 36.4 Å². The van der Waals surface area contributed by atoms with Crippen molar-refractivity contribution in [2.24, 2.45) is 4.99 Å². The molecule has 0 aliphatic carbocycles. The molecule has 0 radical (unpaired) electrons. The van der Waals surface area contributed by atoms with E-state index >= 15 is 0 Å². The number of thioether (sulfide) groups is 1. The molecule has 1 aliphatic heterocycles. The minimum absolute atomic E-state index is 0. The maximum absolute atomic E-state index is 13.7. The van der Waals surface area contributed by atoms with Crippen molar-refractivity contribution >= 4 is 57.6 Å². The highest BCUT2D eigenvalue weighted by atomic mass is 127. The molecule has 0 spiro atoms. The average Bonchev–Trinajstić information content (AvgIpc) is 2.94. The van der Waals surface area contributed by atoms with Crippen LogP contribution in [0.3, 0.4) is 0 Å². The summed E-state index contributed by atoms with van der Waals surface area (Å²) < 4.78 is 14.5. The highest BCUT2D eigenvalue weighted by molar-refractivity contribution is 14.0. The monoisotopic (exact) mass is 487 g/mol. The second-order valence-corrected chi connectivity index (χ2v) is 7.00. The van der Waals surface area contributed by atoms with Gasteiger partial charge in [0.25, 0.3) is 0 Å². The Morgan fingerprint density at radius 3 is 2.90 bits per heavy atom. The van der Waals surface area contributed by atoms with Gasteiger partial charge in [-0.1, -0.05) is 22.0 Å². The van der Waals surface area contributed by atoms with Crippen LogP contribution in [0.2, 0.25) is 0 Å². The first-order chi connectivity index (χ1) is 9.69. The van der Waals surface area contributed by atoms with Crippen molar-refractivity contribution in [3.05, 3.63) is 34.1 Å². The zero-order chi connectivity index (χ0) is 14.4. The molecule has 1 aromatic carbocycles. The zero-order valence-electron chi connectivity index (χ0n) is 11.9. The molecule has 0 amide bonds. The molecule has 2 N–H and O–H groups in total. The molecule has 1 saturated heterocycles. The molecular weight excluding hydrogens is 468 g/mol. The van der Waals surface area contributed by atoms with E-state index in [0.29, 0.717) is 17.4 Å². The van der Waals surface area contributed by atoms with Gasteiger partial charge in [-0.3, -0.25) is 4.99 Å². The third kappa shape index (κ3) is 6.32. The molecule has 2 rings (SSSR count). The van der Waals surface area contributed by atoms with Gasteiger partial charge < -0.3 is 10.6 Å². The number of hydrogen-bond acceptors (Lipinski definition) is 2. The van der Waals surface area contributed by atoms with Crippen LogP contribution in [-0.4, -0.2) is 30.6 Å². The molecule has 1 fully saturated rings. The van der Waals surface area contributed by atoms with Crippen molar-refractivity contribution in [3.8, 4) is 0 Å². The van der Waals surface area contributed by atoms with Crippen LogP contribution in [0.4, 0.5) is 4.39 Å². The summed E-state index contributed by atoms with van der Waals surface area (Å²) >= 11 is 5.26. The lowest BCUT2D eigenvalue weighted by atomic mass is 10.2. The number of aliphatic imine (C=N–C) groups is 1. The average molecular weight is 488 g/mol. The second kappa shape index (κ2) is 9.89. The van der Waals surface area contributed by atoms with Crippen LogP contribution < -0.4 is 10.6 Å². The predicted octanol–water partition coefficient (Wildman–Crippen LogP) is 3.77. The van der Waals surface area contributed by atoms with Crippen LogP contribution >= 0.6 is 51.7 Å². The molecule has 21 heavy (non-hydrogen) atoms. The minimum atomic E-state index is -0.214. The van der Waals surface area contributed by atoms with E-state index in [1.54, 1.807) is 13.1 Å². The Morgan fingerprint density at radius 1 is 1.48 bits per heavy atom. The molecule has 3 nitrogen and oxygen atoms in total. The number of hydrogen-bond donors (Lipinski definition) is 2. The van der Waals surface area contributed by atoms with Crippen LogP contribution in [0.15, 0.2) is 27.7 Å². The van der Waals surface area contributed by atoms with Gasteiger partial charge in [-0.2, -0.15) is 11.8 Å². The van der Waals surface area contributed by atoms with Gasteiger partial charge in [0, 0.05) is 35.4 Å². The summed E-state index contributed by atoms with van der Waals surface area (Å²) in [4.78, 5) is 4.16. The maximum atomic E-state index is 13.7. The van der Waals surface area contributed by atoms with Crippen molar-refractivity contribution in [2.75, 3.05) is 19.3 Å². The maximum Gasteiger partial charge on any atom is 0.191 e. The van der Waals surface area contributed by atoms with Gasteiger partial charge in [-0.15, -0.1) is 24.0 Å². The fourth-order valence-electron chi connectivity index (χ4n) is 2.08. The smallest absolute Gasteiger partial charge is 0.191 e. The molecule has 118 valence electrons. The van der Waals surface area contributed by atoms with Gasteiger partial charge in [0.2, 0.25) is 0 Å². The lowest BCUT2D eigenvalue weighted by Crippen LogP contribution is -2.39. The first kappa shape index (κ1) is 19.0. The molecule has 0 bridgehead atoms. The standard InChI is InChI=1S/C14H19BrFN3S.HI/c1-17-14(19-9-12-3-2-6-20-12)18-8-10-4-5-11(15)7-13(10)16;/h4-5,7,12H,2-3,6,8-9H2,1H3,(H2,17,18,19);1H. The van der Waals surface area contributed by atoms with E-state index in [4.69, 9.17) is 0 Å². The van der Waals surface area contributed by atoms with Gasteiger partial charge >= 0.3 is 0 Å². The summed E-state index contributed by atoms with van der Waals surface area (Å²) in [6.45, 7) is 1.34. The van der Waals surface area contributed by atoms with E-state index in [0.717, 1.165) is 17.0 Å². The van der Waals surface area contributed by atoms with Crippen LogP contribution in [-0.2, 0) is 6.54 Å². The normalized spacial score (nSPS) is 18.2. The quantitative estimate of drug-likeness (QED) is 0.385. The molecule has 0 saturated carbocycles. The third-order valence-electron chi connectivity index (χ3n) is 3.21. The predicted molar refractivity (Wildman–Crippen MR) is 103 cm³/mol. The van der Waals surface area contributed by atoms with Crippen LogP contribution in [0.5, 0.6) is 0 Å². The number of halogens is 3. The molecule has 1 aromatic rings. The van der Waals surface area contributed by atoms with E-state index in [2.05, 4.69) is 31.6 Å². The van der Waals surface area contributed by atoms with Crippen molar-refractivity contribution in [3.63, 3.8) is 0 Å². The van der Waals surface area contributed by atoms with Crippen molar-refractivity contribution in [2.45, 2.75) is 24.6 Å². The van der Waals surface area contributed by atoms with Crippen molar-refractivity contribution < 1.29 is 4.39 Å². The molecule has 1 aliphatic rings. The molecule has 1 atom stereocenters. The Morgan fingerprint density at radius 2 is 2.29 bits per heavy atom. The van der Waals surface area contributed by atoms with Gasteiger partial charge in [-0.05, 0) is 30.7 Å². The number of guanidine groups is 1. The highest BCUT2D eigenvalue weighted by Crippen LogP contribution is 2.25. The highest BCUT2D eigenvalue weighted by Gasteiger charge is 2.15. The Labute approximate surface area is 155 Å². The summed E-state index contributed by atoms with van der Waals surface area (Å²) in [6.07, 6.45) is 2.56. The fourth-order valence-corrected chi connectivity index (χ4v) is 3.61. The van der Waals surface area contributed by atoms with E-state index in [1.807, 2.05) is 17.8 Å². The van der Waals surface area contributed by atoms with Gasteiger partial charge in [0.05, 0.1) is 0 Å². The number of nitrogens with one attached hydrogen (secondary N) is 2.